The van der Waals surface area contributed by atoms with E-state index in [4.69, 9.17) is 9.05 Å². The van der Waals surface area contributed by atoms with Crippen molar-refractivity contribution in [3.63, 3.8) is 0 Å². The highest BCUT2D eigenvalue weighted by molar-refractivity contribution is 7.91. The maximum absolute atomic E-state index is 13.0. The molecule has 0 aliphatic heterocycles. The van der Waals surface area contributed by atoms with Crippen LogP contribution in [0.5, 0.6) is 0 Å². The van der Waals surface area contributed by atoms with E-state index in [2.05, 4.69) is 20.7 Å². The second kappa shape index (κ2) is 5.95. The van der Waals surface area contributed by atoms with Gasteiger partial charge in [0.25, 0.3) is 9.84 Å². The second-order valence-electron chi connectivity index (χ2n) is 5.05. The van der Waals surface area contributed by atoms with Gasteiger partial charge >= 0.3 is 0 Å². The summed E-state index contributed by atoms with van der Waals surface area (Å²) >= 11 is 0. The van der Waals surface area contributed by atoms with Gasteiger partial charge in [-0.2, -0.15) is 0 Å². The number of nitrogens with zero attached hydrogens (tertiary/aromatic N) is 4. The largest absolute Gasteiger partial charge is 0.335 e. The van der Waals surface area contributed by atoms with Crippen molar-refractivity contribution in [2.24, 2.45) is 0 Å². The molecule has 8 nitrogen and oxygen atoms in total. The van der Waals surface area contributed by atoms with Gasteiger partial charge in [0.15, 0.2) is 0 Å². The van der Waals surface area contributed by atoms with Crippen LogP contribution < -0.4 is 0 Å². The van der Waals surface area contributed by atoms with Gasteiger partial charge in [0.1, 0.15) is 0 Å². The molecule has 2 aromatic heterocycles. The fourth-order valence-electron chi connectivity index (χ4n) is 2.34. The van der Waals surface area contributed by atoms with Crippen molar-refractivity contribution in [2.45, 2.75) is 10.1 Å². The van der Waals surface area contributed by atoms with Crippen LogP contribution in [-0.4, -0.2) is 29.2 Å². The average Bonchev–Trinajstić information content (AvgIpc) is 3.33. The summed E-state index contributed by atoms with van der Waals surface area (Å²) in [7, 11) is -4.14. The van der Waals surface area contributed by atoms with E-state index < -0.39 is 9.84 Å². The van der Waals surface area contributed by atoms with E-state index in [9.17, 15) is 8.42 Å². The molecule has 0 amide bonds. The fourth-order valence-corrected chi connectivity index (χ4v) is 3.60. The monoisotopic (exact) mass is 354 g/mol. The summed E-state index contributed by atoms with van der Waals surface area (Å²) < 4.78 is 36.2. The van der Waals surface area contributed by atoms with Crippen LogP contribution in [0.4, 0.5) is 0 Å². The van der Waals surface area contributed by atoms with Gasteiger partial charge in [-0.05, 0) is 0 Å². The van der Waals surface area contributed by atoms with Crippen molar-refractivity contribution in [3.8, 4) is 22.6 Å². The van der Waals surface area contributed by atoms with Crippen LogP contribution in [0.3, 0.4) is 0 Å². The lowest BCUT2D eigenvalue weighted by Gasteiger charge is -2.01. The molecule has 2 heterocycles. The highest BCUT2D eigenvalue weighted by Gasteiger charge is 2.34. The summed E-state index contributed by atoms with van der Waals surface area (Å²) in [5.41, 5.74) is 1.06. The summed E-state index contributed by atoms with van der Waals surface area (Å²) in [4.78, 5) is 0. The predicted molar refractivity (Wildman–Crippen MR) is 84.9 cm³/mol. The smallest absolute Gasteiger partial charge is 0.252 e. The van der Waals surface area contributed by atoms with Gasteiger partial charge in [-0.3, -0.25) is 0 Å². The van der Waals surface area contributed by atoms with E-state index in [0.717, 1.165) is 0 Å². The molecule has 4 rings (SSSR count). The molecule has 0 aliphatic carbocycles. The Balaban J connectivity index is 1.86. The number of hydrogen-bond donors (Lipinski definition) is 0. The molecule has 0 bridgehead atoms. The first-order chi connectivity index (χ1) is 12.2. The topological polar surface area (TPSA) is 112 Å². The van der Waals surface area contributed by atoms with E-state index in [1.54, 1.807) is 60.7 Å². The van der Waals surface area contributed by atoms with Crippen LogP contribution in [0, 0.1) is 0 Å². The molecular weight excluding hydrogens is 344 g/mol. The average molecular weight is 354 g/mol. The van der Waals surface area contributed by atoms with Gasteiger partial charge in [-0.25, -0.2) is 8.42 Å². The van der Waals surface area contributed by atoms with Crippen LogP contribution in [0.25, 0.3) is 22.6 Å². The van der Waals surface area contributed by atoms with Crippen molar-refractivity contribution in [1.82, 2.24) is 20.7 Å². The maximum Gasteiger partial charge on any atom is 0.252 e. The number of rotatable bonds is 4. The molecule has 2 aromatic carbocycles. The molecule has 0 spiro atoms. The molecule has 0 atom stereocenters. The Hall–Kier alpha value is -3.33. The predicted octanol–water partition coefficient (Wildman–Crippen LogP) is 2.62. The third-order valence-electron chi connectivity index (χ3n) is 3.50. The first kappa shape index (κ1) is 15.2. The van der Waals surface area contributed by atoms with E-state index in [-0.39, 0.29) is 21.6 Å². The molecule has 124 valence electrons. The van der Waals surface area contributed by atoms with Gasteiger partial charge in [0.05, 0.1) is 0 Å². The Morgan fingerprint density at radius 3 is 1.44 bits per heavy atom. The molecule has 4 aromatic rings. The Morgan fingerprint density at radius 1 is 0.640 bits per heavy atom. The van der Waals surface area contributed by atoms with Crippen molar-refractivity contribution in [2.75, 3.05) is 0 Å². The third kappa shape index (κ3) is 2.60. The van der Waals surface area contributed by atoms with Gasteiger partial charge in [-0.1, -0.05) is 70.9 Å². The van der Waals surface area contributed by atoms with Crippen LogP contribution in [0.1, 0.15) is 0 Å². The van der Waals surface area contributed by atoms with E-state index in [1.165, 1.54) is 0 Å². The van der Waals surface area contributed by atoms with Crippen LogP contribution >= 0.6 is 0 Å². The van der Waals surface area contributed by atoms with Crippen LogP contribution in [0.2, 0.25) is 0 Å². The first-order valence-corrected chi connectivity index (χ1v) is 8.67. The van der Waals surface area contributed by atoms with Crippen molar-refractivity contribution < 1.29 is 17.5 Å². The lowest BCUT2D eigenvalue weighted by molar-refractivity contribution is 0.403. The minimum absolute atomic E-state index is 0.0302. The van der Waals surface area contributed by atoms with E-state index in [1.807, 2.05) is 0 Å². The second-order valence-corrected chi connectivity index (χ2v) is 6.83. The number of hydrogen-bond acceptors (Lipinski definition) is 8. The SMILES string of the molecule is O=S(=O)(c1nnoc1-c1ccccc1)c1nnoc1-c1ccccc1. The maximum atomic E-state index is 13.0. The van der Waals surface area contributed by atoms with E-state index >= 15 is 0 Å². The summed E-state index contributed by atoms with van der Waals surface area (Å²) in [5, 5.41) is 13.4. The molecule has 0 N–H and O–H groups in total. The summed E-state index contributed by atoms with van der Waals surface area (Å²) in [6.45, 7) is 0. The van der Waals surface area contributed by atoms with Crippen molar-refractivity contribution in [1.29, 1.82) is 0 Å². The summed E-state index contributed by atoms with van der Waals surface area (Å²) in [5.74, 6) is 0.0604. The molecule has 9 heteroatoms. The molecule has 25 heavy (non-hydrogen) atoms. The Kier molecular flexibility index (Phi) is 3.62. The Bertz CT molecular complexity index is 1020. The standard InChI is InChI=1S/C16H10N4O4S/c21-25(22,15-13(23-19-17-15)11-7-3-1-4-8-11)16-14(24-20-18-16)12-9-5-2-6-10-12/h1-10H. The number of aromatic nitrogens is 4. The van der Waals surface area contributed by atoms with Gasteiger partial charge in [0, 0.05) is 21.7 Å². The van der Waals surface area contributed by atoms with Gasteiger partial charge in [0.2, 0.25) is 21.6 Å². The molecular formula is C16H10N4O4S. The summed E-state index contributed by atoms with van der Waals surface area (Å²) in [6.07, 6.45) is 0. The minimum atomic E-state index is -4.14. The molecule has 0 unspecified atom stereocenters. The Labute approximate surface area is 142 Å². The number of benzene rings is 2. The van der Waals surface area contributed by atoms with Crippen molar-refractivity contribution in [3.05, 3.63) is 60.7 Å². The Morgan fingerprint density at radius 2 is 1.04 bits per heavy atom. The molecule has 0 saturated carbocycles. The first-order valence-electron chi connectivity index (χ1n) is 7.18. The molecule has 0 saturated heterocycles. The third-order valence-corrected chi connectivity index (χ3v) is 5.05. The fraction of sp³-hybridized carbons (Fsp3) is 0. The minimum Gasteiger partial charge on any atom is -0.335 e. The highest BCUT2D eigenvalue weighted by atomic mass is 32.2. The van der Waals surface area contributed by atoms with Gasteiger partial charge < -0.3 is 9.05 Å². The molecule has 0 radical (unpaired) electrons. The zero-order valence-electron chi connectivity index (χ0n) is 12.6. The van der Waals surface area contributed by atoms with Crippen LogP contribution in [-0.2, 0) is 9.84 Å². The summed E-state index contributed by atoms with van der Waals surface area (Å²) in [6, 6.07) is 17.4. The lowest BCUT2D eigenvalue weighted by Crippen LogP contribution is -2.06. The molecule has 0 fully saturated rings. The van der Waals surface area contributed by atoms with Crippen LogP contribution in [0.15, 0.2) is 79.8 Å². The number of sulfone groups is 1. The zero-order chi connectivity index (χ0) is 17.3. The van der Waals surface area contributed by atoms with Gasteiger partial charge in [-0.15, -0.1) is 0 Å². The highest BCUT2D eigenvalue weighted by Crippen LogP contribution is 2.33. The zero-order valence-corrected chi connectivity index (χ0v) is 13.4. The molecule has 0 aliphatic rings. The van der Waals surface area contributed by atoms with Crippen molar-refractivity contribution >= 4 is 9.84 Å². The normalized spacial score (nSPS) is 11.5. The van der Waals surface area contributed by atoms with E-state index in [0.29, 0.717) is 11.1 Å². The quantitative estimate of drug-likeness (QED) is 0.550. The lowest BCUT2D eigenvalue weighted by atomic mass is 10.2.